The molecule has 0 atom stereocenters. The van der Waals surface area contributed by atoms with Crippen LogP contribution in [-0.4, -0.2) is 30.4 Å². The van der Waals surface area contributed by atoms with Gasteiger partial charge in [-0.05, 0) is 41.6 Å². The summed E-state index contributed by atoms with van der Waals surface area (Å²) in [7, 11) is 0. The number of benzene rings is 1. The number of amides is 1. The van der Waals surface area contributed by atoms with Crippen molar-refractivity contribution in [1.82, 2.24) is 4.90 Å². The number of halogens is 1. The van der Waals surface area contributed by atoms with E-state index in [2.05, 4.69) is 22.4 Å². The SMILES string of the molecule is N#CCCN(C(=O)CN1CCc2sccc2C1)c1cccc(Cl)c1. The Bertz CT molecular complexity index is 768. The van der Waals surface area contributed by atoms with Gasteiger partial charge in [0.15, 0.2) is 0 Å². The van der Waals surface area contributed by atoms with Crippen molar-refractivity contribution in [3.63, 3.8) is 0 Å². The monoisotopic (exact) mass is 359 g/mol. The number of fused-ring (bicyclic) bond motifs is 1. The molecule has 3 rings (SSSR count). The van der Waals surface area contributed by atoms with Crippen LogP contribution in [0.2, 0.25) is 5.02 Å². The third-order valence-corrected chi connectivity index (χ3v) is 5.37. The van der Waals surface area contributed by atoms with E-state index in [4.69, 9.17) is 16.9 Å². The molecular weight excluding hydrogens is 342 g/mol. The molecule has 0 radical (unpaired) electrons. The van der Waals surface area contributed by atoms with Gasteiger partial charge in [-0.1, -0.05) is 17.7 Å². The summed E-state index contributed by atoms with van der Waals surface area (Å²) < 4.78 is 0. The van der Waals surface area contributed by atoms with Crippen LogP contribution >= 0.6 is 22.9 Å². The topological polar surface area (TPSA) is 47.3 Å². The van der Waals surface area contributed by atoms with Gasteiger partial charge in [-0.2, -0.15) is 5.26 Å². The van der Waals surface area contributed by atoms with Gasteiger partial charge in [0.25, 0.3) is 0 Å². The van der Waals surface area contributed by atoms with Gasteiger partial charge in [0.1, 0.15) is 0 Å². The molecule has 2 heterocycles. The molecule has 0 saturated carbocycles. The average Bonchev–Trinajstić information content (AvgIpc) is 3.03. The maximum absolute atomic E-state index is 12.8. The first-order valence-electron chi connectivity index (χ1n) is 7.88. The molecule has 1 amide bonds. The largest absolute Gasteiger partial charge is 0.310 e. The summed E-state index contributed by atoms with van der Waals surface area (Å²) in [5.74, 6) is 0.00574. The minimum atomic E-state index is 0.00574. The van der Waals surface area contributed by atoms with Crippen LogP contribution in [-0.2, 0) is 17.8 Å². The molecule has 124 valence electrons. The lowest BCUT2D eigenvalue weighted by atomic mass is 10.1. The fraction of sp³-hybridized carbons (Fsp3) is 0.333. The third-order valence-electron chi connectivity index (χ3n) is 4.11. The van der Waals surface area contributed by atoms with E-state index in [0.29, 0.717) is 24.5 Å². The van der Waals surface area contributed by atoms with Gasteiger partial charge < -0.3 is 4.90 Å². The van der Waals surface area contributed by atoms with Crippen LogP contribution in [0.3, 0.4) is 0 Å². The van der Waals surface area contributed by atoms with Crippen molar-refractivity contribution in [3.05, 3.63) is 51.2 Å². The predicted molar refractivity (Wildman–Crippen MR) is 97.3 cm³/mol. The van der Waals surface area contributed by atoms with Crippen molar-refractivity contribution in [2.45, 2.75) is 19.4 Å². The number of thiophene rings is 1. The van der Waals surface area contributed by atoms with Gasteiger partial charge in [0.05, 0.1) is 19.0 Å². The highest BCUT2D eigenvalue weighted by Crippen LogP contribution is 2.25. The summed E-state index contributed by atoms with van der Waals surface area (Å²) >= 11 is 7.84. The van der Waals surface area contributed by atoms with Crippen LogP contribution in [0, 0.1) is 11.3 Å². The highest BCUT2D eigenvalue weighted by Gasteiger charge is 2.23. The zero-order chi connectivity index (χ0) is 16.9. The molecule has 6 heteroatoms. The van der Waals surface area contributed by atoms with Gasteiger partial charge in [0, 0.05) is 35.2 Å². The number of hydrogen-bond donors (Lipinski definition) is 0. The van der Waals surface area contributed by atoms with Crippen LogP contribution in [0.1, 0.15) is 16.9 Å². The van der Waals surface area contributed by atoms with Gasteiger partial charge in [-0.15, -0.1) is 11.3 Å². The zero-order valence-corrected chi connectivity index (χ0v) is 14.8. The minimum Gasteiger partial charge on any atom is -0.310 e. The molecule has 0 spiro atoms. The molecule has 0 saturated heterocycles. The highest BCUT2D eigenvalue weighted by molar-refractivity contribution is 7.10. The van der Waals surface area contributed by atoms with Crippen LogP contribution in [0.15, 0.2) is 35.7 Å². The fourth-order valence-corrected chi connectivity index (χ4v) is 4.00. The standard InChI is InChI=1S/C18H18ClN3OS/c19-15-3-1-4-16(11-15)22(8-2-7-20)18(23)13-21-9-5-17-14(12-21)6-10-24-17/h1,3-4,6,10-11H,2,5,8-9,12-13H2. The quantitative estimate of drug-likeness (QED) is 0.817. The van der Waals surface area contributed by atoms with Gasteiger partial charge in [-0.3, -0.25) is 9.69 Å². The minimum absolute atomic E-state index is 0.00574. The van der Waals surface area contributed by atoms with Gasteiger partial charge in [-0.25, -0.2) is 0 Å². The number of nitrogens with zero attached hydrogens (tertiary/aromatic N) is 3. The number of rotatable bonds is 5. The second kappa shape index (κ2) is 7.80. The Labute approximate surface area is 150 Å². The lowest BCUT2D eigenvalue weighted by Gasteiger charge is -2.29. The van der Waals surface area contributed by atoms with E-state index in [1.165, 1.54) is 10.4 Å². The predicted octanol–water partition coefficient (Wildman–Crippen LogP) is 3.71. The Morgan fingerprint density at radius 2 is 2.29 bits per heavy atom. The van der Waals surface area contributed by atoms with E-state index in [-0.39, 0.29) is 5.91 Å². The zero-order valence-electron chi connectivity index (χ0n) is 13.2. The van der Waals surface area contributed by atoms with E-state index in [0.717, 1.165) is 25.2 Å². The molecule has 0 aliphatic carbocycles. The van der Waals surface area contributed by atoms with Gasteiger partial charge >= 0.3 is 0 Å². The summed E-state index contributed by atoms with van der Waals surface area (Å²) in [6.07, 6.45) is 1.29. The van der Waals surface area contributed by atoms with E-state index in [9.17, 15) is 4.79 Å². The maximum atomic E-state index is 12.8. The Kier molecular flexibility index (Phi) is 5.52. The fourth-order valence-electron chi connectivity index (χ4n) is 2.92. The summed E-state index contributed by atoms with van der Waals surface area (Å²) in [5, 5.41) is 11.6. The first-order valence-corrected chi connectivity index (χ1v) is 9.13. The van der Waals surface area contributed by atoms with E-state index in [1.54, 1.807) is 28.4 Å². The molecule has 0 fully saturated rings. The molecule has 1 aromatic carbocycles. The van der Waals surface area contributed by atoms with Crippen LogP contribution in [0.5, 0.6) is 0 Å². The molecule has 0 bridgehead atoms. The Hall–Kier alpha value is -1.87. The Balaban J connectivity index is 1.71. The molecular formula is C18H18ClN3OS. The molecule has 0 unspecified atom stereocenters. The second-order valence-electron chi connectivity index (χ2n) is 5.76. The smallest absolute Gasteiger partial charge is 0.241 e. The van der Waals surface area contributed by atoms with Crippen molar-refractivity contribution >= 4 is 34.5 Å². The van der Waals surface area contributed by atoms with E-state index in [1.807, 2.05) is 12.1 Å². The molecule has 0 N–H and O–H groups in total. The molecule has 4 nitrogen and oxygen atoms in total. The summed E-state index contributed by atoms with van der Waals surface area (Å²) in [4.78, 5) is 18.1. The van der Waals surface area contributed by atoms with Crippen molar-refractivity contribution in [3.8, 4) is 6.07 Å². The summed E-state index contributed by atoms with van der Waals surface area (Å²) in [6.45, 7) is 2.44. The van der Waals surface area contributed by atoms with Crippen molar-refractivity contribution in [1.29, 1.82) is 5.26 Å². The maximum Gasteiger partial charge on any atom is 0.241 e. The number of carbonyl (C=O) groups is 1. The number of hydrogen-bond acceptors (Lipinski definition) is 4. The molecule has 1 aliphatic rings. The molecule has 24 heavy (non-hydrogen) atoms. The number of nitriles is 1. The number of carbonyl (C=O) groups excluding carboxylic acids is 1. The highest BCUT2D eigenvalue weighted by atomic mass is 35.5. The molecule has 2 aromatic rings. The normalized spacial score (nSPS) is 14.0. The lowest BCUT2D eigenvalue weighted by molar-refractivity contribution is -0.119. The lowest BCUT2D eigenvalue weighted by Crippen LogP contribution is -2.42. The second-order valence-corrected chi connectivity index (χ2v) is 7.20. The van der Waals surface area contributed by atoms with Crippen LogP contribution in [0.25, 0.3) is 0 Å². The average molecular weight is 360 g/mol. The Morgan fingerprint density at radius 3 is 3.08 bits per heavy atom. The van der Waals surface area contributed by atoms with Crippen molar-refractivity contribution < 1.29 is 4.79 Å². The summed E-state index contributed by atoms with van der Waals surface area (Å²) in [6, 6.07) is 11.5. The van der Waals surface area contributed by atoms with Crippen LogP contribution in [0.4, 0.5) is 5.69 Å². The van der Waals surface area contributed by atoms with Crippen LogP contribution < -0.4 is 4.90 Å². The Morgan fingerprint density at radius 1 is 1.42 bits per heavy atom. The van der Waals surface area contributed by atoms with E-state index < -0.39 is 0 Å². The van der Waals surface area contributed by atoms with E-state index >= 15 is 0 Å². The first-order chi connectivity index (χ1) is 11.7. The number of anilines is 1. The van der Waals surface area contributed by atoms with Gasteiger partial charge in [0.2, 0.25) is 5.91 Å². The third kappa shape index (κ3) is 3.96. The first kappa shape index (κ1) is 17.0. The van der Waals surface area contributed by atoms with Crippen molar-refractivity contribution in [2.24, 2.45) is 0 Å². The molecule has 1 aliphatic heterocycles. The molecule has 1 aromatic heterocycles. The van der Waals surface area contributed by atoms with Crippen molar-refractivity contribution in [2.75, 3.05) is 24.5 Å². The summed E-state index contributed by atoms with van der Waals surface area (Å²) in [5.41, 5.74) is 2.07.